The Kier molecular flexibility index (Phi) is 16.2. The predicted molar refractivity (Wildman–Crippen MR) is 188 cm³/mol. The summed E-state index contributed by atoms with van der Waals surface area (Å²) in [6, 6.07) is 6.90. The number of anilines is 1. The minimum Gasteiger partial charge on any atom is -0.358 e. The molecule has 264 valence electrons. The smallest absolute Gasteiger partial charge is 0.220 e. The summed E-state index contributed by atoms with van der Waals surface area (Å²) in [7, 11) is 2.07. The summed E-state index contributed by atoms with van der Waals surface area (Å²) in [6.07, 6.45) is 11.2. The average Bonchev–Trinajstić information content (AvgIpc) is 3.81. The molecule has 3 fully saturated rings. The van der Waals surface area contributed by atoms with Gasteiger partial charge in [-0.3, -0.25) is 14.3 Å². The van der Waals surface area contributed by atoms with Gasteiger partial charge in [0.25, 0.3) is 0 Å². The SMILES string of the molecule is CC.CC(C)n1nccc1C(=O)C(N)(Nc1ccc(C2(C(C)N)CC2)cc1F)C1CCCCCC1.CC=O.CN1CCN(C=O)CC1. The molecule has 11 heteroatoms. The first kappa shape index (κ1) is 40.0. The molecule has 2 unspecified atom stereocenters. The Morgan fingerprint density at radius 3 is 2.09 bits per heavy atom. The third-order valence-electron chi connectivity index (χ3n) is 9.50. The van der Waals surface area contributed by atoms with Gasteiger partial charge in [0.1, 0.15) is 17.8 Å². The molecule has 2 aliphatic carbocycles. The van der Waals surface area contributed by atoms with Crippen LogP contribution in [-0.2, 0) is 15.0 Å². The zero-order valence-electron chi connectivity index (χ0n) is 29.8. The number of carbonyl (C=O) groups excluding carboxylic acids is 3. The Hall–Kier alpha value is -3.15. The number of aldehydes is 1. The number of nitrogens with two attached hydrogens (primary N) is 2. The van der Waals surface area contributed by atoms with E-state index in [2.05, 4.69) is 22.4 Å². The van der Waals surface area contributed by atoms with Crippen LogP contribution in [0.1, 0.15) is 115 Å². The van der Waals surface area contributed by atoms with Gasteiger partial charge >= 0.3 is 0 Å². The second-order valence-electron chi connectivity index (χ2n) is 13.1. The van der Waals surface area contributed by atoms with Crippen molar-refractivity contribution in [2.45, 2.75) is 116 Å². The number of aromatic nitrogens is 2. The van der Waals surface area contributed by atoms with Crippen LogP contribution >= 0.6 is 0 Å². The van der Waals surface area contributed by atoms with Crippen molar-refractivity contribution in [1.29, 1.82) is 0 Å². The van der Waals surface area contributed by atoms with Crippen molar-refractivity contribution in [1.82, 2.24) is 19.6 Å². The van der Waals surface area contributed by atoms with Gasteiger partial charge in [0, 0.05) is 55.8 Å². The summed E-state index contributed by atoms with van der Waals surface area (Å²) in [5, 5.41) is 7.51. The van der Waals surface area contributed by atoms with Crippen molar-refractivity contribution in [3.05, 3.63) is 47.5 Å². The molecule has 0 radical (unpaired) electrons. The van der Waals surface area contributed by atoms with Crippen LogP contribution in [-0.4, -0.2) is 83.0 Å². The fourth-order valence-corrected chi connectivity index (χ4v) is 6.41. The molecule has 2 aromatic rings. The van der Waals surface area contributed by atoms with E-state index in [-0.39, 0.29) is 34.9 Å². The van der Waals surface area contributed by atoms with Crippen LogP contribution in [0.4, 0.5) is 10.1 Å². The highest BCUT2D eigenvalue weighted by Gasteiger charge is 2.48. The fourth-order valence-electron chi connectivity index (χ4n) is 6.41. The molecule has 10 nitrogen and oxygen atoms in total. The quantitative estimate of drug-likeness (QED) is 0.139. The van der Waals surface area contributed by atoms with Crippen molar-refractivity contribution in [3.8, 4) is 0 Å². The molecule has 1 aromatic carbocycles. The molecule has 1 amide bonds. The van der Waals surface area contributed by atoms with Gasteiger partial charge < -0.3 is 31.4 Å². The summed E-state index contributed by atoms with van der Waals surface area (Å²) in [5.74, 6) is -0.729. The molecule has 2 saturated carbocycles. The van der Waals surface area contributed by atoms with Crippen molar-refractivity contribution < 1.29 is 18.8 Å². The topological polar surface area (TPSA) is 140 Å². The Morgan fingerprint density at radius 1 is 1.04 bits per heavy atom. The van der Waals surface area contributed by atoms with E-state index in [9.17, 15) is 9.59 Å². The third-order valence-corrected chi connectivity index (χ3v) is 9.50. The number of likely N-dealkylation sites (N-methyl/N-ethyl adjacent to an activating group) is 1. The van der Waals surface area contributed by atoms with Crippen LogP contribution in [0, 0.1) is 11.7 Å². The number of ketones is 1. The number of piperazine rings is 1. The Bertz CT molecular complexity index is 1250. The number of carbonyl (C=O) groups is 3. The summed E-state index contributed by atoms with van der Waals surface area (Å²) >= 11 is 0. The fraction of sp³-hybridized carbons (Fsp3) is 0.667. The lowest BCUT2D eigenvalue weighted by atomic mass is 9.82. The average molecular weight is 658 g/mol. The van der Waals surface area contributed by atoms with Crippen molar-refractivity contribution in [3.63, 3.8) is 0 Å². The van der Waals surface area contributed by atoms with E-state index in [0.717, 1.165) is 95.8 Å². The molecule has 0 bridgehead atoms. The first-order chi connectivity index (χ1) is 22.4. The van der Waals surface area contributed by atoms with Gasteiger partial charge in [-0.15, -0.1) is 0 Å². The minimum absolute atomic E-state index is 0.0151. The largest absolute Gasteiger partial charge is 0.358 e. The van der Waals surface area contributed by atoms with Crippen LogP contribution < -0.4 is 16.8 Å². The molecule has 2 heterocycles. The molecule has 5 N–H and O–H groups in total. The number of hydrogen-bond donors (Lipinski definition) is 3. The molecule has 47 heavy (non-hydrogen) atoms. The Morgan fingerprint density at radius 2 is 1.62 bits per heavy atom. The maximum atomic E-state index is 15.4. The lowest BCUT2D eigenvalue weighted by Gasteiger charge is -2.38. The van der Waals surface area contributed by atoms with Crippen LogP contribution in [0.15, 0.2) is 30.5 Å². The standard InChI is InChI=1S/C26H38FN5O.C6H12N2O.C2H4O.C2H6/c1-17(2)32-23(12-15-30-32)24(33)26(29,19-8-6-4-5-7-9-19)31-22-11-10-20(16-21(22)27)25(13-14-25)18(3)28;1-7-2-4-8(6-9)5-3-7;1-2-3;1-2/h10-12,15-19,31H,4-9,13-14,28-29H2,1-3H3;6H,2-5H2,1H3;2H,1H3;1-2H3. The van der Waals surface area contributed by atoms with Crippen LogP contribution in [0.3, 0.4) is 0 Å². The molecule has 0 spiro atoms. The first-order valence-electron chi connectivity index (χ1n) is 17.4. The van der Waals surface area contributed by atoms with E-state index in [1.54, 1.807) is 34.0 Å². The lowest BCUT2D eigenvalue weighted by Crippen LogP contribution is -2.60. The normalized spacial score (nSPS) is 19.6. The maximum Gasteiger partial charge on any atom is 0.220 e. The van der Waals surface area contributed by atoms with E-state index in [4.69, 9.17) is 16.3 Å². The summed E-state index contributed by atoms with van der Waals surface area (Å²) < 4.78 is 17.1. The van der Waals surface area contributed by atoms with Gasteiger partial charge in [-0.25, -0.2) is 4.39 Å². The molecule has 2 atom stereocenters. The van der Waals surface area contributed by atoms with Gasteiger partial charge in [0.15, 0.2) is 5.66 Å². The van der Waals surface area contributed by atoms with Crippen LogP contribution in [0.5, 0.6) is 0 Å². The number of rotatable bonds is 9. The number of Topliss-reactive ketones (excluding diaryl/α,β-unsaturated/α-hetero) is 1. The molecular weight excluding hydrogens is 597 g/mol. The third kappa shape index (κ3) is 10.4. The highest BCUT2D eigenvalue weighted by atomic mass is 19.1. The van der Waals surface area contributed by atoms with Crippen molar-refractivity contribution >= 4 is 24.2 Å². The van der Waals surface area contributed by atoms with Crippen molar-refractivity contribution in [2.75, 3.05) is 38.5 Å². The van der Waals surface area contributed by atoms with Gasteiger partial charge in [-0.2, -0.15) is 5.10 Å². The zero-order chi connectivity index (χ0) is 35.2. The van der Waals surface area contributed by atoms with E-state index in [0.29, 0.717) is 5.69 Å². The molecule has 1 aliphatic heterocycles. The number of amides is 1. The van der Waals surface area contributed by atoms with Gasteiger partial charge in [-0.05, 0) is 84.2 Å². The number of nitrogens with zero attached hydrogens (tertiary/aromatic N) is 4. The van der Waals surface area contributed by atoms with E-state index < -0.39 is 11.5 Å². The number of nitrogens with one attached hydrogen (secondary N) is 1. The van der Waals surface area contributed by atoms with E-state index in [1.807, 2.05) is 40.7 Å². The highest BCUT2D eigenvalue weighted by Crippen LogP contribution is 2.50. The number of halogens is 1. The number of benzene rings is 1. The Labute approximate surface area is 281 Å². The Balaban J connectivity index is 0.000000460. The summed E-state index contributed by atoms with van der Waals surface area (Å²) in [6.45, 7) is 15.2. The maximum absolute atomic E-state index is 15.4. The molecule has 1 saturated heterocycles. The summed E-state index contributed by atoms with van der Waals surface area (Å²) in [4.78, 5) is 36.9. The van der Waals surface area contributed by atoms with Gasteiger partial charge in [-0.1, -0.05) is 45.6 Å². The molecular formula is C36H60FN7O3. The zero-order valence-corrected chi connectivity index (χ0v) is 29.8. The molecule has 1 aromatic heterocycles. The van der Waals surface area contributed by atoms with E-state index >= 15 is 4.39 Å². The van der Waals surface area contributed by atoms with Crippen molar-refractivity contribution in [2.24, 2.45) is 17.4 Å². The second kappa shape index (κ2) is 19.0. The van der Waals surface area contributed by atoms with E-state index in [1.165, 1.54) is 6.92 Å². The predicted octanol–water partition coefficient (Wildman–Crippen LogP) is 5.52. The van der Waals surface area contributed by atoms with Crippen LogP contribution in [0.2, 0.25) is 0 Å². The van der Waals surface area contributed by atoms with Gasteiger partial charge in [0.2, 0.25) is 12.2 Å². The highest BCUT2D eigenvalue weighted by molar-refractivity contribution is 6.03. The number of hydrogen-bond acceptors (Lipinski definition) is 8. The first-order valence-corrected chi connectivity index (χ1v) is 17.4. The molecule has 5 rings (SSSR count). The second-order valence-corrected chi connectivity index (χ2v) is 13.1. The van der Waals surface area contributed by atoms with Crippen LogP contribution in [0.25, 0.3) is 0 Å². The minimum atomic E-state index is -1.42. The summed E-state index contributed by atoms with van der Waals surface area (Å²) in [5.41, 5.74) is 13.2. The molecule has 3 aliphatic rings. The van der Waals surface area contributed by atoms with Gasteiger partial charge in [0.05, 0.1) is 5.69 Å². The lowest BCUT2D eigenvalue weighted by molar-refractivity contribution is -0.119. The monoisotopic (exact) mass is 657 g/mol.